The van der Waals surface area contributed by atoms with Crippen LogP contribution in [0.5, 0.6) is 0 Å². The van der Waals surface area contributed by atoms with Crippen LogP contribution in [0.1, 0.15) is 43.1 Å². The first-order valence-electron chi connectivity index (χ1n) is 9.92. The van der Waals surface area contributed by atoms with E-state index >= 15 is 0 Å². The van der Waals surface area contributed by atoms with Crippen LogP contribution in [-0.2, 0) is 14.8 Å². The van der Waals surface area contributed by atoms with Crippen molar-refractivity contribution in [2.24, 2.45) is 0 Å². The van der Waals surface area contributed by atoms with Gasteiger partial charge in [-0.2, -0.15) is 0 Å². The van der Waals surface area contributed by atoms with E-state index in [4.69, 9.17) is 11.6 Å². The molecule has 0 saturated heterocycles. The molecule has 0 spiro atoms. The summed E-state index contributed by atoms with van der Waals surface area (Å²) >= 11 is 6.07. The number of rotatable bonds is 8. The molecule has 2 aromatic carbocycles. The Labute approximate surface area is 188 Å². The second kappa shape index (κ2) is 10.2. The third-order valence-electron chi connectivity index (χ3n) is 4.92. The second-order valence-corrected chi connectivity index (χ2v) is 9.78. The molecule has 0 aliphatic rings. The number of hydrogen-bond acceptors (Lipinski definition) is 4. The molecule has 2 N–H and O–H groups in total. The minimum absolute atomic E-state index is 0.0262. The number of hydrogen-bond donors (Lipinski definition) is 2. The highest BCUT2D eigenvalue weighted by Gasteiger charge is 2.31. The lowest BCUT2D eigenvalue weighted by Crippen LogP contribution is -2.46. The van der Waals surface area contributed by atoms with Crippen molar-refractivity contribution < 1.29 is 18.0 Å². The molecule has 7 nitrogen and oxygen atoms in total. The summed E-state index contributed by atoms with van der Waals surface area (Å²) in [4.78, 5) is 25.6. The van der Waals surface area contributed by atoms with E-state index in [-0.39, 0.29) is 11.9 Å². The summed E-state index contributed by atoms with van der Waals surface area (Å²) in [5, 5.41) is 5.92. The van der Waals surface area contributed by atoms with E-state index in [1.807, 2.05) is 13.8 Å². The molecule has 2 amide bonds. The highest BCUT2D eigenvalue weighted by Crippen LogP contribution is 2.29. The van der Waals surface area contributed by atoms with Crippen molar-refractivity contribution in [3.05, 3.63) is 58.6 Å². The number of halogens is 1. The van der Waals surface area contributed by atoms with Crippen molar-refractivity contribution in [1.29, 1.82) is 0 Å². The molecule has 2 atom stereocenters. The molecule has 0 fully saturated rings. The number of carbonyl (C=O) groups excluding carboxylic acids is 2. The Balaban J connectivity index is 2.36. The molecule has 168 valence electrons. The van der Waals surface area contributed by atoms with Gasteiger partial charge in [0, 0.05) is 11.1 Å². The van der Waals surface area contributed by atoms with E-state index in [9.17, 15) is 18.0 Å². The fourth-order valence-corrected chi connectivity index (χ4v) is 4.42. The largest absolute Gasteiger partial charge is 0.350 e. The highest BCUT2D eigenvalue weighted by molar-refractivity contribution is 7.92. The van der Waals surface area contributed by atoms with Crippen molar-refractivity contribution in [3.8, 4) is 0 Å². The van der Waals surface area contributed by atoms with E-state index in [0.29, 0.717) is 27.5 Å². The van der Waals surface area contributed by atoms with Crippen LogP contribution in [0.4, 0.5) is 11.4 Å². The van der Waals surface area contributed by atoms with Gasteiger partial charge in [0.2, 0.25) is 15.9 Å². The summed E-state index contributed by atoms with van der Waals surface area (Å²) < 4.78 is 26.2. The van der Waals surface area contributed by atoms with Crippen molar-refractivity contribution in [3.63, 3.8) is 0 Å². The molecule has 0 aliphatic heterocycles. The number of benzene rings is 2. The van der Waals surface area contributed by atoms with Gasteiger partial charge in [-0.05, 0) is 57.0 Å². The average molecular weight is 466 g/mol. The summed E-state index contributed by atoms with van der Waals surface area (Å²) in [5.74, 6) is -0.892. The predicted octanol–water partition coefficient (Wildman–Crippen LogP) is 3.97. The molecule has 2 rings (SSSR count). The van der Waals surface area contributed by atoms with Crippen LogP contribution in [0.15, 0.2) is 42.5 Å². The minimum atomic E-state index is -3.80. The molecule has 0 heterocycles. The number of para-hydroxylation sites is 1. The topological polar surface area (TPSA) is 95.6 Å². The van der Waals surface area contributed by atoms with Gasteiger partial charge in [0.05, 0.1) is 23.2 Å². The fourth-order valence-electron chi connectivity index (χ4n) is 3.03. The Bertz CT molecular complexity index is 1070. The van der Waals surface area contributed by atoms with Gasteiger partial charge in [-0.25, -0.2) is 8.42 Å². The van der Waals surface area contributed by atoms with E-state index in [0.717, 1.165) is 17.0 Å². The van der Waals surface area contributed by atoms with Crippen molar-refractivity contribution in [1.82, 2.24) is 5.32 Å². The van der Waals surface area contributed by atoms with Crippen LogP contribution in [0.3, 0.4) is 0 Å². The van der Waals surface area contributed by atoms with E-state index < -0.39 is 22.0 Å². The first-order chi connectivity index (χ1) is 14.5. The first-order valence-corrected chi connectivity index (χ1v) is 12.1. The number of anilines is 2. The van der Waals surface area contributed by atoms with Gasteiger partial charge >= 0.3 is 0 Å². The molecule has 0 radical (unpaired) electrons. The van der Waals surface area contributed by atoms with Gasteiger partial charge in [0.15, 0.2) is 0 Å². The van der Waals surface area contributed by atoms with E-state index in [1.165, 1.54) is 13.0 Å². The molecule has 9 heteroatoms. The molecule has 0 bridgehead atoms. The van der Waals surface area contributed by atoms with Gasteiger partial charge < -0.3 is 10.6 Å². The quantitative estimate of drug-likeness (QED) is 0.616. The standard InChI is InChI=1S/C22H28ClN3O4S/c1-6-15(3)24-22(28)18-9-7-8-10-19(18)25-21(27)16(4)26(31(5,29)30)20-13-17(23)12-11-14(20)2/h7-13,15-16H,6H2,1-5H3,(H,24,28)(H,25,27)/t15-,16-/m1/s1. The Morgan fingerprint density at radius 2 is 1.77 bits per heavy atom. The van der Waals surface area contributed by atoms with Crippen molar-refractivity contribution in [2.45, 2.75) is 46.2 Å². The smallest absolute Gasteiger partial charge is 0.253 e. The Hall–Kier alpha value is -2.58. The maximum absolute atomic E-state index is 13.0. The second-order valence-electron chi connectivity index (χ2n) is 7.48. The van der Waals surface area contributed by atoms with Crippen LogP contribution in [0, 0.1) is 6.92 Å². The molecule has 0 aliphatic carbocycles. The van der Waals surface area contributed by atoms with Crippen LogP contribution < -0.4 is 14.9 Å². The molecule has 0 unspecified atom stereocenters. The van der Waals surface area contributed by atoms with Crippen molar-refractivity contribution in [2.75, 3.05) is 15.9 Å². The molecule has 2 aromatic rings. The van der Waals surface area contributed by atoms with Gasteiger partial charge in [-0.1, -0.05) is 36.7 Å². The Morgan fingerprint density at radius 1 is 1.13 bits per heavy atom. The SMILES string of the molecule is CC[C@@H](C)NC(=O)c1ccccc1NC(=O)[C@@H](C)N(c1cc(Cl)ccc1C)S(C)(=O)=O. The third kappa shape index (κ3) is 6.21. The number of amides is 2. The monoisotopic (exact) mass is 465 g/mol. The van der Waals surface area contributed by atoms with Crippen LogP contribution in [0.2, 0.25) is 5.02 Å². The number of carbonyl (C=O) groups is 2. The molecular weight excluding hydrogens is 438 g/mol. The number of nitrogens with one attached hydrogen (secondary N) is 2. The third-order valence-corrected chi connectivity index (χ3v) is 6.38. The first kappa shape index (κ1) is 24.7. The van der Waals surface area contributed by atoms with Crippen LogP contribution >= 0.6 is 11.6 Å². The van der Waals surface area contributed by atoms with E-state index in [2.05, 4.69) is 10.6 Å². The molecular formula is C22H28ClN3O4S. The summed E-state index contributed by atoms with van der Waals surface area (Å²) in [6, 6.07) is 10.3. The summed E-state index contributed by atoms with van der Waals surface area (Å²) in [6.45, 7) is 7.07. The maximum Gasteiger partial charge on any atom is 0.253 e. The Kier molecular flexibility index (Phi) is 8.08. The molecule has 0 aromatic heterocycles. The van der Waals surface area contributed by atoms with Crippen LogP contribution in [0.25, 0.3) is 0 Å². The minimum Gasteiger partial charge on any atom is -0.350 e. The lowest BCUT2D eigenvalue weighted by molar-refractivity contribution is -0.116. The highest BCUT2D eigenvalue weighted by atomic mass is 35.5. The van der Waals surface area contributed by atoms with Gasteiger partial charge in [-0.3, -0.25) is 13.9 Å². The normalized spacial score (nSPS) is 13.2. The average Bonchev–Trinajstić information content (AvgIpc) is 2.69. The fraction of sp³-hybridized carbons (Fsp3) is 0.364. The lowest BCUT2D eigenvalue weighted by Gasteiger charge is -2.29. The maximum atomic E-state index is 13.0. The predicted molar refractivity (Wildman–Crippen MR) is 125 cm³/mol. The van der Waals surface area contributed by atoms with Gasteiger partial charge in [0.25, 0.3) is 5.91 Å². The number of nitrogens with zero attached hydrogens (tertiary/aromatic N) is 1. The number of sulfonamides is 1. The van der Waals surface area contributed by atoms with E-state index in [1.54, 1.807) is 43.3 Å². The zero-order chi connectivity index (χ0) is 23.3. The molecule has 0 saturated carbocycles. The summed E-state index contributed by atoms with van der Waals surface area (Å²) in [6.07, 6.45) is 1.80. The van der Waals surface area contributed by atoms with Gasteiger partial charge in [0.1, 0.15) is 6.04 Å². The summed E-state index contributed by atoms with van der Waals surface area (Å²) in [7, 11) is -3.80. The van der Waals surface area contributed by atoms with Crippen molar-refractivity contribution >= 4 is 44.8 Å². The van der Waals surface area contributed by atoms with Gasteiger partial charge in [-0.15, -0.1) is 0 Å². The zero-order valence-electron chi connectivity index (χ0n) is 18.3. The van der Waals surface area contributed by atoms with Crippen LogP contribution in [-0.4, -0.2) is 38.6 Å². The summed E-state index contributed by atoms with van der Waals surface area (Å²) in [5.41, 5.74) is 1.58. The molecule has 31 heavy (non-hydrogen) atoms. The zero-order valence-corrected chi connectivity index (χ0v) is 19.8. The number of aryl methyl sites for hydroxylation is 1. The lowest BCUT2D eigenvalue weighted by atomic mass is 10.1. The Morgan fingerprint density at radius 3 is 2.39 bits per heavy atom.